The maximum Gasteiger partial charge on any atom is 0.348 e. The summed E-state index contributed by atoms with van der Waals surface area (Å²) in [5.74, 6) is -0.0154. The van der Waals surface area contributed by atoms with Crippen molar-refractivity contribution in [1.82, 2.24) is 0 Å². The average Bonchev–Trinajstić information content (AvgIpc) is 3.30. The van der Waals surface area contributed by atoms with Crippen molar-refractivity contribution in [2.75, 3.05) is 36.6 Å². The zero-order chi connectivity index (χ0) is 21.3. The molecule has 1 atom stereocenters. The van der Waals surface area contributed by atoms with E-state index < -0.39 is 11.9 Å². The number of anilines is 2. The molecule has 0 spiro atoms. The molecule has 0 bridgehead atoms. The molecule has 2 aliphatic rings. The molecular weight excluding hydrogens is 408 g/mol. The zero-order valence-corrected chi connectivity index (χ0v) is 17.5. The first-order valence-electron chi connectivity index (χ1n) is 9.74. The predicted octanol–water partition coefficient (Wildman–Crippen LogP) is 3.00. The Bertz CT molecular complexity index is 1000. The van der Waals surface area contributed by atoms with Crippen LogP contribution in [-0.2, 0) is 14.3 Å². The molecule has 0 aliphatic carbocycles. The summed E-state index contributed by atoms with van der Waals surface area (Å²) in [5.41, 5.74) is 1.42. The Morgan fingerprint density at radius 1 is 1.23 bits per heavy atom. The van der Waals surface area contributed by atoms with E-state index in [1.807, 2.05) is 0 Å². The third kappa shape index (κ3) is 3.97. The van der Waals surface area contributed by atoms with Gasteiger partial charge in [0.2, 0.25) is 11.8 Å². The number of nitrogens with one attached hydrogen (secondary N) is 1. The van der Waals surface area contributed by atoms with Crippen molar-refractivity contribution < 1.29 is 28.6 Å². The third-order valence-electron chi connectivity index (χ3n) is 4.96. The highest BCUT2D eigenvalue weighted by Gasteiger charge is 2.36. The fraction of sp³-hybridized carbons (Fsp3) is 0.381. The molecule has 30 heavy (non-hydrogen) atoms. The molecule has 1 aromatic carbocycles. The Kier molecular flexibility index (Phi) is 5.63. The predicted molar refractivity (Wildman–Crippen MR) is 112 cm³/mol. The number of amides is 2. The number of hydrogen-bond acceptors (Lipinski definition) is 7. The minimum Gasteiger partial charge on any atom is -0.486 e. The molecule has 9 heteroatoms. The Hall–Kier alpha value is -3.07. The van der Waals surface area contributed by atoms with E-state index in [0.717, 1.165) is 5.56 Å². The smallest absolute Gasteiger partial charge is 0.348 e. The van der Waals surface area contributed by atoms with Crippen molar-refractivity contribution >= 4 is 39.8 Å². The van der Waals surface area contributed by atoms with Crippen LogP contribution < -0.4 is 19.7 Å². The average molecular weight is 430 g/mol. The van der Waals surface area contributed by atoms with Crippen LogP contribution in [0.2, 0.25) is 0 Å². The van der Waals surface area contributed by atoms with E-state index in [2.05, 4.69) is 5.32 Å². The molecule has 1 saturated heterocycles. The molecule has 4 rings (SSSR count). The molecule has 158 valence electrons. The molecule has 0 radical (unpaired) electrons. The van der Waals surface area contributed by atoms with Gasteiger partial charge in [-0.2, -0.15) is 0 Å². The van der Waals surface area contributed by atoms with Crippen molar-refractivity contribution in [2.24, 2.45) is 5.92 Å². The van der Waals surface area contributed by atoms with Crippen molar-refractivity contribution in [3.05, 3.63) is 34.7 Å². The van der Waals surface area contributed by atoms with E-state index in [0.29, 0.717) is 40.3 Å². The number of thiophene rings is 1. The topological polar surface area (TPSA) is 94.2 Å². The lowest BCUT2D eigenvalue weighted by atomic mass is 10.1. The quantitative estimate of drug-likeness (QED) is 0.733. The van der Waals surface area contributed by atoms with Gasteiger partial charge in [0, 0.05) is 24.7 Å². The standard InChI is InChI=1S/C21H22N2O6S/c1-3-27-21(26)19-12(2)8-17(30-19)22-20(25)13-9-18(24)23(11-13)14-4-5-15-16(10-14)29-7-6-28-15/h4-5,8,10,13H,3,6-7,9,11H2,1-2H3,(H,22,25)/t13-/m1/s1. The Morgan fingerprint density at radius 3 is 2.77 bits per heavy atom. The molecule has 1 N–H and O–H groups in total. The molecule has 2 amide bonds. The Morgan fingerprint density at radius 2 is 2.00 bits per heavy atom. The van der Waals surface area contributed by atoms with Gasteiger partial charge in [0.15, 0.2) is 11.5 Å². The first-order valence-corrected chi connectivity index (χ1v) is 10.6. The number of nitrogens with zero attached hydrogens (tertiary/aromatic N) is 1. The van der Waals surface area contributed by atoms with Crippen molar-refractivity contribution in [1.29, 1.82) is 0 Å². The van der Waals surface area contributed by atoms with Crippen LogP contribution in [0, 0.1) is 12.8 Å². The van der Waals surface area contributed by atoms with Crippen LogP contribution in [0.25, 0.3) is 0 Å². The molecule has 1 fully saturated rings. The van der Waals surface area contributed by atoms with E-state index in [-0.39, 0.29) is 31.4 Å². The van der Waals surface area contributed by atoms with Gasteiger partial charge < -0.3 is 24.4 Å². The second-order valence-electron chi connectivity index (χ2n) is 7.07. The molecule has 0 saturated carbocycles. The maximum absolute atomic E-state index is 12.7. The highest BCUT2D eigenvalue weighted by molar-refractivity contribution is 7.18. The van der Waals surface area contributed by atoms with E-state index in [1.54, 1.807) is 43.0 Å². The third-order valence-corrected chi connectivity index (χ3v) is 6.09. The summed E-state index contributed by atoms with van der Waals surface area (Å²) < 4.78 is 16.1. The second-order valence-corrected chi connectivity index (χ2v) is 8.12. The lowest BCUT2D eigenvalue weighted by Crippen LogP contribution is -2.28. The summed E-state index contributed by atoms with van der Waals surface area (Å²) in [6.45, 7) is 5.06. The van der Waals surface area contributed by atoms with Gasteiger partial charge in [0.25, 0.3) is 0 Å². The Labute approximate surface area is 177 Å². The number of carbonyl (C=O) groups is 3. The number of ether oxygens (including phenoxy) is 3. The van der Waals surface area contributed by atoms with Gasteiger partial charge in [-0.25, -0.2) is 4.79 Å². The van der Waals surface area contributed by atoms with E-state index >= 15 is 0 Å². The number of fused-ring (bicyclic) bond motifs is 1. The van der Waals surface area contributed by atoms with Crippen LogP contribution in [0.4, 0.5) is 10.7 Å². The van der Waals surface area contributed by atoms with E-state index in [1.165, 1.54) is 11.3 Å². The summed E-state index contributed by atoms with van der Waals surface area (Å²) in [5, 5.41) is 3.39. The Balaban J connectivity index is 1.43. The van der Waals surface area contributed by atoms with E-state index in [4.69, 9.17) is 14.2 Å². The number of benzene rings is 1. The van der Waals surface area contributed by atoms with Crippen LogP contribution in [0.15, 0.2) is 24.3 Å². The first kappa shape index (κ1) is 20.2. The molecule has 1 aromatic heterocycles. The van der Waals surface area contributed by atoms with Crippen LogP contribution >= 0.6 is 11.3 Å². The summed E-state index contributed by atoms with van der Waals surface area (Å²) >= 11 is 1.17. The van der Waals surface area contributed by atoms with Gasteiger partial charge in [-0.15, -0.1) is 11.3 Å². The lowest BCUT2D eigenvalue weighted by Gasteiger charge is -2.22. The normalized spacial score (nSPS) is 17.7. The lowest BCUT2D eigenvalue weighted by molar-refractivity contribution is -0.122. The van der Waals surface area contributed by atoms with Crippen LogP contribution in [0.3, 0.4) is 0 Å². The maximum atomic E-state index is 12.7. The largest absolute Gasteiger partial charge is 0.486 e. The second kappa shape index (κ2) is 8.35. The minimum absolute atomic E-state index is 0.120. The van der Waals surface area contributed by atoms with E-state index in [9.17, 15) is 14.4 Å². The zero-order valence-electron chi connectivity index (χ0n) is 16.7. The summed E-state index contributed by atoms with van der Waals surface area (Å²) in [6.07, 6.45) is 0.120. The molecule has 0 unspecified atom stereocenters. The van der Waals surface area contributed by atoms with Gasteiger partial charge >= 0.3 is 5.97 Å². The molecule has 2 aliphatic heterocycles. The van der Waals surface area contributed by atoms with Gasteiger partial charge in [-0.05, 0) is 37.6 Å². The van der Waals surface area contributed by atoms with Gasteiger partial charge in [0.05, 0.1) is 17.5 Å². The van der Waals surface area contributed by atoms with Crippen molar-refractivity contribution in [2.45, 2.75) is 20.3 Å². The number of carbonyl (C=O) groups excluding carboxylic acids is 3. The summed E-state index contributed by atoms with van der Waals surface area (Å²) in [4.78, 5) is 39.3. The molecule has 8 nitrogen and oxygen atoms in total. The van der Waals surface area contributed by atoms with Gasteiger partial charge in [0.1, 0.15) is 18.1 Å². The number of rotatable bonds is 5. The monoisotopic (exact) mass is 430 g/mol. The van der Waals surface area contributed by atoms with Gasteiger partial charge in [-0.3, -0.25) is 9.59 Å². The van der Waals surface area contributed by atoms with Crippen LogP contribution in [0.5, 0.6) is 11.5 Å². The van der Waals surface area contributed by atoms with Gasteiger partial charge in [-0.1, -0.05) is 0 Å². The number of hydrogen-bond donors (Lipinski definition) is 1. The minimum atomic E-state index is -0.487. The highest BCUT2D eigenvalue weighted by atomic mass is 32.1. The first-order chi connectivity index (χ1) is 14.5. The highest BCUT2D eigenvalue weighted by Crippen LogP contribution is 2.36. The SMILES string of the molecule is CCOC(=O)c1sc(NC(=O)[C@@H]2CC(=O)N(c3ccc4c(c3)OCCO4)C2)cc1C. The number of aryl methyl sites for hydroxylation is 1. The van der Waals surface area contributed by atoms with Crippen molar-refractivity contribution in [3.8, 4) is 11.5 Å². The summed E-state index contributed by atoms with van der Waals surface area (Å²) in [7, 11) is 0. The summed E-state index contributed by atoms with van der Waals surface area (Å²) in [6, 6.07) is 7.07. The van der Waals surface area contributed by atoms with Crippen LogP contribution in [0.1, 0.15) is 28.6 Å². The molecular formula is C21H22N2O6S. The fourth-order valence-electron chi connectivity index (χ4n) is 3.50. The fourth-order valence-corrected chi connectivity index (χ4v) is 4.47. The number of esters is 1. The van der Waals surface area contributed by atoms with Crippen LogP contribution in [-0.4, -0.2) is 44.1 Å². The molecule has 2 aromatic rings. The molecule has 3 heterocycles. The van der Waals surface area contributed by atoms with Crippen molar-refractivity contribution in [3.63, 3.8) is 0 Å².